The van der Waals surface area contributed by atoms with Crippen LogP contribution in [-0.4, -0.2) is 10.1 Å². The molecule has 0 aliphatic heterocycles. The minimum Gasteiger partial charge on any atom is -0.384 e. The van der Waals surface area contributed by atoms with Crippen LogP contribution < -0.4 is 0 Å². The average Bonchev–Trinajstić information content (AvgIpc) is 2.94. The highest BCUT2D eigenvalue weighted by molar-refractivity contribution is 14.1. The Hall–Kier alpha value is -0.850. The van der Waals surface area contributed by atoms with E-state index in [4.69, 9.17) is 0 Å². The Balaban J connectivity index is 2.09. The number of H-pyrrole nitrogens is 1. The fraction of sp³-hybridized carbons (Fsp3) is 0.0769. The van der Waals surface area contributed by atoms with Crippen molar-refractivity contribution in [1.29, 1.82) is 0 Å². The lowest BCUT2D eigenvalue weighted by Crippen LogP contribution is -1.96. The van der Waals surface area contributed by atoms with Crippen LogP contribution in [0.4, 0.5) is 0 Å². The van der Waals surface area contributed by atoms with Crippen molar-refractivity contribution in [3.8, 4) is 0 Å². The summed E-state index contributed by atoms with van der Waals surface area (Å²) in [6, 6.07) is 10.1. The molecule has 2 N–H and O–H groups in total. The first-order valence-corrected chi connectivity index (χ1v) is 7.19. The molecule has 3 rings (SSSR count). The van der Waals surface area contributed by atoms with E-state index in [1.165, 1.54) is 2.88 Å². The number of halogens is 1. The molecule has 0 aliphatic rings. The molecule has 2 heterocycles. The predicted molar refractivity (Wildman–Crippen MR) is 79.4 cm³/mol. The van der Waals surface area contributed by atoms with E-state index < -0.39 is 6.10 Å². The van der Waals surface area contributed by atoms with Gasteiger partial charge >= 0.3 is 0 Å². The van der Waals surface area contributed by atoms with E-state index in [0.29, 0.717) is 0 Å². The summed E-state index contributed by atoms with van der Waals surface area (Å²) >= 11 is 3.92. The molecule has 0 saturated carbocycles. The van der Waals surface area contributed by atoms with Crippen LogP contribution in [0.2, 0.25) is 0 Å². The van der Waals surface area contributed by atoms with E-state index in [9.17, 15) is 5.11 Å². The van der Waals surface area contributed by atoms with Gasteiger partial charge in [0.15, 0.2) is 0 Å². The Morgan fingerprint density at radius 2 is 2.12 bits per heavy atom. The summed E-state index contributed by atoms with van der Waals surface area (Å²) < 4.78 is 1.19. The van der Waals surface area contributed by atoms with Gasteiger partial charge in [0.1, 0.15) is 6.10 Å². The Bertz CT molecular complexity index is 658. The highest BCUT2D eigenvalue weighted by Crippen LogP contribution is 2.31. The van der Waals surface area contributed by atoms with Crippen molar-refractivity contribution < 1.29 is 5.11 Å². The molecule has 0 radical (unpaired) electrons. The molecule has 4 heteroatoms. The van der Waals surface area contributed by atoms with Crippen LogP contribution in [0.1, 0.15) is 17.2 Å². The van der Waals surface area contributed by atoms with Gasteiger partial charge in [-0.2, -0.15) is 0 Å². The normalized spacial score (nSPS) is 13.1. The molecule has 1 aromatic carbocycles. The van der Waals surface area contributed by atoms with Crippen molar-refractivity contribution in [1.82, 2.24) is 4.98 Å². The van der Waals surface area contributed by atoms with Crippen LogP contribution in [0, 0.1) is 2.88 Å². The number of para-hydroxylation sites is 1. The van der Waals surface area contributed by atoms with E-state index in [1.807, 2.05) is 41.9 Å². The maximum atomic E-state index is 10.4. The number of hydrogen-bond acceptors (Lipinski definition) is 2. The summed E-state index contributed by atoms with van der Waals surface area (Å²) in [6.07, 6.45) is 1.34. The fourth-order valence-electron chi connectivity index (χ4n) is 1.97. The first kappa shape index (κ1) is 11.3. The molecule has 1 atom stereocenters. The van der Waals surface area contributed by atoms with Gasteiger partial charge in [-0.1, -0.05) is 18.2 Å². The number of aliphatic hydroxyl groups excluding tert-OH is 1. The second-order valence-electron chi connectivity index (χ2n) is 3.88. The number of rotatable bonds is 2. The van der Waals surface area contributed by atoms with Crippen LogP contribution in [0.15, 0.2) is 41.9 Å². The Labute approximate surface area is 116 Å². The molecule has 2 nitrogen and oxygen atoms in total. The van der Waals surface area contributed by atoms with Gasteiger partial charge in [-0.3, -0.25) is 0 Å². The molecule has 17 heavy (non-hydrogen) atoms. The molecule has 0 spiro atoms. The minimum atomic E-state index is -0.550. The first-order valence-electron chi connectivity index (χ1n) is 5.24. The Morgan fingerprint density at radius 1 is 1.29 bits per heavy atom. The maximum Gasteiger partial charge on any atom is 0.107 e. The van der Waals surface area contributed by atoms with Gasteiger partial charge in [0.2, 0.25) is 0 Å². The number of aliphatic hydroxyl groups is 1. The quantitative estimate of drug-likeness (QED) is 0.672. The molecule has 0 fully saturated rings. The maximum absolute atomic E-state index is 10.4. The van der Waals surface area contributed by atoms with Crippen molar-refractivity contribution in [2.24, 2.45) is 0 Å². The van der Waals surface area contributed by atoms with Gasteiger partial charge in [0.25, 0.3) is 0 Å². The molecule has 0 bridgehead atoms. The molecule has 3 aromatic rings. The van der Waals surface area contributed by atoms with Crippen molar-refractivity contribution in [2.45, 2.75) is 6.10 Å². The van der Waals surface area contributed by atoms with Crippen LogP contribution in [0.5, 0.6) is 0 Å². The average molecular weight is 355 g/mol. The summed E-state index contributed by atoms with van der Waals surface area (Å²) in [6.45, 7) is 0. The second-order valence-corrected chi connectivity index (χ2v) is 6.68. The topological polar surface area (TPSA) is 36.0 Å². The molecule has 2 aromatic heterocycles. The second kappa shape index (κ2) is 4.44. The lowest BCUT2D eigenvalue weighted by molar-refractivity contribution is 0.222. The lowest BCUT2D eigenvalue weighted by atomic mass is 10.0. The monoisotopic (exact) mass is 355 g/mol. The highest BCUT2D eigenvalue weighted by Gasteiger charge is 2.15. The number of hydrogen-bond donors (Lipinski definition) is 2. The SMILES string of the molecule is OC(c1csc(I)c1)c1c[nH]c2ccccc12. The number of benzene rings is 1. The zero-order valence-electron chi connectivity index (χ0n) is 8.85. The van der Waals surface area contributed by atoms with Gasteiger partial charge < -0.3 is 10.1 Å². The van der Waals surface area contributed by atoms with Gasteiger partial charge in [0, 0.05) is 22.7 Å². The lowest BCUT2D eigenvalue weighted by Gasteiger charge is -2.07. The molecule has 86 valence electrons. The number of thiophene rings is 1. The third-order valence-electron chi connectivity index (χ3n) is 2.82. The van der Waals surface area contributed by atoms with Crippen molar-refractivity contribution in [2.75, 3.05) is 0 Å². The third-order valence-corrected chi connectivity index (χ3v) is 4.63. The van der Waals surface area contributed by atoms with Crippen LogP contribution in [-0.2, 0) is 0 Å². The predicted octanol–water partition coefficient (Wildman–Crippen LogP) is 3.92. The number of aromatic amines is 1. The Kier molecular flexibility index (Phi) is 2.94. The fourth-order valence-corrected chi connectivity index (χ4v) is 3.36. The van der Waals surface area contributed by atoms with Gasteiger partial charge in [0.05, 0.1) is 2.88 Å². The van der Waals surface area contributed by atoms with Crippen LogP contribution >= 0.6 is 33.9 Å². The molecule has 0 saturated heterocycles. The molecular weight excluding hydrogens is 345 g/mol. The summed E-state index contributed by atoms with van der Waals surface area (Å²) in [5, 5.41) is 13.5. The third kappa shape index (κ3) is 2.00. The van der Waals surface area contributed by atoms with E-state index in [0.717, 1.165) is 22.0 Å². The zero-order chi connectivity index (χ0) is 11.8. The standard InChI is InChI=1S/C13H10INOS/c14-12-5-8(7-17-12)13(16)10-6-15-11-4-2-1-3-9(10)11/h1-7,13,15-16H. The molecule has 0 amide bonds. The zero-order valence-corrected chi connectivity index (χ0v) is 11.8. The largest absolute Gasteiger partial charge is 0.384 e. The van der Waals surface area contributed by atoms with Gasteiger partial charge in [-0.05, 0) is 45.7 Å². The molecule has 1 unspecified atom stereocenters. The minimum absolute atomic E-state index is 0.550. The van der Waals surface area contributed by atoms with E-state index in [1.54, 1.807) is 11.3 Å². The van der Waals surface area contributed by atoms with E-state index in [2.05, 4.69) is 27.6 Å². The molecular formula is C13H10INOS. The van der Waals surface area contributed by atoms with Crippen LogP contribution in [0.3, 0.4) is 0 Å². The number of fused-ring (bicyclic) bond motifs is 1. The van der Waals surface area contributed by atoms with E-state index >= 15 is 0 Å². The number of aromatic nitrogens is 1. The Morgan fingerprint density at radius 3 is 2.88 bits per heavy atom. The number of nitrogens with one attached hydrogen (secondary N) is 1. The smallest absolute Gasteiger partial charge is 0.107 e. The van der Waals surface area contributed by atoms with Gasteiger partial charge in [-0.25, -0.2) is 0 Å². The van der Waals surface area contributed by atoms with Gasteiger partial charge in [-0.15, -0.1) is 11.3 Å². The summed E-state index contributed by atoms with van der Waals surface area (Å²) in [4.78, 5) is 3.19. The van der Waals surface area contributed by atoms with Crippen molar-refractivity contribution >= 4 is 44.8 Å². The molecule has 0 aliphatic carbocycles. The van der Waals surface area contributed by atoms with Crippen LogP contribution in [0.25, 0.3) is 10.9 Å². The summed E-state index contributed by atoms with van der Waals surface area (Å²) in [5.74, 6) is 0. The first-order chi connectivity index (χ1) is 8.25. The van der Waals surface area contributed by atoms with Crippen molar-refractivity contribution in [3.63, 3.8) is 0 Å². The van der Waals surface area contributed by atoms with Crippen molar-refractivity contribution in [3.05, 3.63) is 55.9 Å². The summed E-state index contributed by atoms with van der Waals surface area (Å²) in [7, 11) is 0. The van der Waals surface area contributed by atoms with E-state index in [-0.39, 0.29) is 0 Å². The highest BCUT2D eigenvalue weighted by atomic mass is 127. The summed E-state index contributed by atoms with van der Waals surface area (Å²) in [5.41, 5.74) is 2.96.